The van der Waals surface area contributed by atoms with Crippen LogP contribution >= 0.6 is 11.3 Å². The number of nitrogens with one attached hydrogen (secondary N) is 1. The molecule has 6 heteroatoms. The van der Waals surface area contributed by atoms with Gasteiger partial charge in [-0.05, 0) is 60.5 Å². The quantitative estimate of drug-likeness (QED) is 0.827. The lowest BCUT2D eigenvalue weighted by Gasteiger charge is -2.21. The maximum atomic E-state index is 12.3. The minimum Gasteiger partial charge on any atom is -0.340 e. The van der Waals surface area contributed by atoms with Crippen molar-refractivity contribution in [1.82, 2.24) is 9.80 Å². The summed E-state index contributed by atoms with van der Waals surface area (Å²) in [7, 11) is 3.56. The molecule has 134 valence electrons. The second-order valence-corrected chi connectivity index (χ2v) is 7.13. The third-order valence-electron chi connectivity index (χ3n) is 4.12. The number of thiophene rings is 1. The molecule has 0 unspecified atom stereocenters. The molecule has 0 atom stereocenters. The predicted molar refractivity (Wildman–Crippen MR) is 103 cm³/mol. The molecule has 0 spiro atoms. The molecule has 2 aromatic rings. The Bertz CT molecular complexity index is 728. The highest BCUT2D eigenvalue weighted by atomic mass is 32.1. The number of hydrogen-bond acceptors (Lipinski definition) is 4. The van der Waals surface area contributed by atoms with Gasteiger partial charge in [0.15, 0.2) is 0 Å². The van der Waals surface area contributed by atoms with Gasteiger partial charge in [0.1, 0.15) is 0 Å². The zero-order valence-electron chi connectivity index (χ0n) is 15.2. The Labute approximate surface area is 153 Å². The smallest absolute Gasteiger partial charge is 0.238 e. The van der Waals surface area contributed by atoms with Crippen LogP contribution in [0.4, 0.5) is 5.69 Å². The highest BCUT2D eigenvalue weighted by Gasteiger charge is 2.15. The Morgan fingerprint density at radius 3 is 2.56 bits per heavy atom. The van der Waals surface area contributed by atoms with Crippen LogP contribution in [-0.2, 0) is 16.1 Å². The maximum absolute atomic E-state index is 12.3. The molecule has 0 saturated heterocycles. The zero-order valence-corrected chi connectivity index (χ0v) is 16.0. The van der Waals surface area contributed by atoms with Crippen molar-refractivity contribution in [2.75, 3.05) is 32.5 Å². The lowest BCUT2D eigenvalue weighted by molar-refractivity contribution is -0.131. The lowest BCUT2D eigenvalue weighted by atomic mass is 10.1. The number of benzene rings is 1. The fraction of sp³-hybridized carbons (Fsp3) is 0.368. The molecule has 0 saturated carbocycles. The number of carbonyl (C=O) groups is 2. The molecule has 1 aromatic carbocycles. The number of rotatable bonds is 7. The Kier molecular flexibility index (Phi) is 6.73. The number of amides is 2. The first-order chi connectivity index (χ1) is 11.9. The highest BCUT2D eigenvalue weighted by Crippen LogP contribution is 2.17. The van der Waals surface area contributed by atoms with E-state index >= 15 is 0 Å². The largest absolute Gasteiger partial charge is 0.340 e. The van der Waals surface area contributed by atoms with Crippen molar-refractivity contribution in [2.24, 2.45) is 0 Å². The summed E-state index contributed by atoms with van der Waals surface area (Å²) in [5, 5.41) is 6.95. The monoisotopic (exact) mass is 359 g/mol. The van der Waals surface area contributed by atoms with Gasteiger partial charge in [-0.25, -0.2) is 0 Å². The molecule has 0 fully saturated rings. The van der Waals surface area contributed by atoms with Crippen molar-refractivity contribution in [2.45, 2.75) is 20.4 Å². The summed E-state index contributed by atoms with van der Waals surface area (Å²) in [5.41, 5.74) is 4.14. The van der Waals surface area contributed by atoms with Gasteiger partial charge >= 0.3 is 0 Å². The third kappa shape index (κ3) is 5.69. The van der Waals surface area contributed by atoms with Gasteiger partial charge < -0.3 is 10.2 Å². The summed E-state index contributed by atoms with van der Waals surface area (Å²) >= 11 is 1.62. The second kappa shape index (κ2) is 8.78. The average Bonchev–Trinajstić information content (AvgIpc) is 3.04. The second-order valence-electron chi connectivity index (χ2n) is 6.35. The van der Waals surface area contributed by atoms with Crippen LogP contribution in [0, 0.1) is 13.8 Å². The van der Waals surface area contributed by atoms with Gasteiger partial charge in [-0.1, -0.05) is 12.1 Å². The van der Waals surface area contributed by atoms with Gasteiger partial charge in [0.05, 0.1) is 13.1 Å². The minimum absolute atomic E-state index is 0.00626. The first-order valence-electron chi connectivity index (χ1n) is 8.16. The van der Waals surface area contributed by atoms with Crippen molar-refractivity contribution in [1.29, 1.82) is 0 Å². The van der Waals surface area contributed by atoms with E-state index in [1.54, 1.807) is 35.2 Å². The minimum atomic E-state index is -0.121. The van der Waals surface area contributed by atoms with Gasteiger partial charge in [0.2, 0.25) is 11.8 Å². The Morgan fingerprint density at radius 1 is 1.12 bits per heavy atom. The molecule has 0 aliphatic heterocycles. The molecule has 25 heavy (non-hydrogen) atoms. The van der Waals surface area contributed by atoms with Crippen molar-refractivity contribution in [3.63, 3.8) is 0 Å². The first-order valence-corrected chi connectivity index (χ1v) is 9.10. The van der Waals surface area contributed by atoms with Gasteiger partial charge in [-0.2, -0.15) is 11.3 Å². The molecule has 1 N–H and O–H groups in total. The van der Waals surface area contributed by atoms with Gasteiger partial charge in [-0.15, -0.1) is 0 Å². The molecule has 0 radical (unpaired) electrons. The van der Waals surface area contributed by atoms with Crippen LogP contribution in [0.5, 0.6) is 0 Å². The van der Waals surface area contributed by atoms with E-state index in [9.17, 15) is 9.59 Å². The average molecular weight is 359 g/mol. The van der Waals surface area contributed by atoms with Gasteiger partial charge in [0.25, 0.3) is 0 Å². The summed E-state index contributed by atoms with van der Waals surface area (Å²) in [6, 6.07) is 7.83. The Morgan fingerprint density at radius 2 is 1.88 bits per heavy atom. The fourth-order valence-electron chi connectivity index (χ4n) is 2.47. The summed E-state index contributed by atoms with van der Waals surface area (Å²) in [6.45, 7) is 4.97. The number of likely N-dealkylation sites (N-methyl/N-ethyl adjacent to an activating group) is 2. The summed E-state index contributed by atoms with van der Waals surface area (Å²) in [6.07, 6.45) is 0. The predicted octanol–water partition coefficient (Wildman–Crippen LogP) is 2.89. The number of carbonyl (C=O) groups excluding carboxylic acids is 2. The standard InChI is InChI=1S/C19H25N3O2S/c1-14-6-5-7-17(15(14)2)20-18(23)11-21(3)12-19(24)22(4)10-16-8-9-25-13-16/h5-9,13H,10-12H2,1-4H3,(H,20,23). The van der Waals surface area contributed by atoms with Crippen LogP contribution in [0.1, 0.15) is 16.7 Å². The maximum Gasteiger partial charge on any atom is 0.238 e. The topological polar surface area (TPSA) is 52.7 Å². The molecule has 5 nitrogen and oxygen atoms in total. The molecule has 0 aliphatic carbocycles. The number of hydrogen-bond donors (Lipinski definition) is 1. The normalized spacial score (nSPS) is 10.8. The van der Waals surface area contributed by atoms with Crippen LogP contribution in [0.25, 0.3) is 0 Å². The summed E-state index contributed by atoms with van der Waals surface area (Å²) in [5.74, 6) is -0.127. The van der Waals surface area contributed by atoms with Crippen LogP contribution in [-0.4, -0.2) is 48.8 Å². The number of nitrogens with zero attached hydrogens (tertiary/aromatic N) is 2. The van der Waals surface area contributed by atoms with E-state index in [1.807, 2.05) is 48.9 Å². The van der Waals surface area contributed by atoms with E-state index in [1.165, 1.54) is 0 Å². The summed E-state index contributed by atoms with van der Waals surface area (Å²) in [4.78, 5) is 27.9. The van der Waals surface area contributed by atoms with E-state index < -0.39 is 0 Å². The number of aryl methyl sites for hydroxylation is 1. The van der Waals surface area contributed by atoms with Crippen LogP contribution < -0.4 is 5.32 Å². The van der Waals surface area contributed by atoms with E-state index in [2.05, 4.69) is 5.32 Å². The van der Waals surface area contributed by atoms with E-state index in [-0.39, 0.29) is 24.9 Å². The van der Waals surface area contributed by atoms with Crippen molar-refractivity contribution in [3.8, 4) is 0 Å². The van der Waals surface area contributed by atoms with Crippen molar-refractivity contribution in [3.05, 3.63) is 51.7 Å². The number of anilines is 1. The van der Waals surface area contributed by atoms with Gasteiger partial charge in [-0.3, -0.25) is 14.5 Å². The summed E-state index contributed by atoms with van der Waals surface area (Å²) < 4.78 is 0. The third-order valence-corrected chi connectivity index (χ3v) is 4.86. The van der Waals surface area contributed by atoms with E-state index in [0.717, 1.165) is 22.4 Å². The fourth-order valence-corrected chi connectivity index (χ4v) is 3.13. The van der Waals surface area contributed by atoms with E-state index in [0.29, 0.717) is 6.54 Å². The Hall–Kier alpha value is -2.18. The Balaban J connectivity index is 1.82. The van der Waals surface area contributed by atoms with Crippen molar-refractivity contribution < 1.29 is 9.59 Å². The van der Waals surface area contributed by atoms with Crippen LogP contribution in [0.2, 0.25) is 0 Å². The molecule has 2 rings (SSSR count). The van der Waals surface area contributed by atoms with Crippen molar-refractivity contribution >= 4 is 28.8 Å². The molecule has 0 bridgehead atoms. The lowest BCUT2D eigenvalue weighted by Crippen LogP contribution is -2.39. The molecule has 1 heterocycles. The van der Waals surface area contributed by atoms with Crippen LogP contribution in [0.3, 0.4) is 0 Å². The molecular weight excluding hydrogens is 334 g/mol. The highest BCUT2D eigenvalue weighted by molar-refractivity contribution is 7.07. The molecule has 0 aliphatic rings. The molecule has 2 amide bonds. The zero-order chi connectivity index (χ0) is 18.4. The van der Waals surface area contributed by atoms with E-state index in [4.69, 9.17) is 0 Å². The first kappa shape index (κ1) is 19.1. The SMILES string of the molecule is Cc1cccc(NC(=O)CN(C)CC(=O)N(C)Cc2ccsc2)c1C. The molecular formula is C19H25N3O2S. The van der Waals surface area contributed by atoms with Gasteiger partial charge in [0, 0.05) is 19.3 Å². The van der Waals surface area contributed by atoms with Crippen LogP contribution in [0.15, 0.2) is 35.0 Å². The molecule has 1 aromatic heterocycles.